The second-order valence-corrected chi connectivity index (χ2v) is 10.3. The van der Waals surface area contributed by atoms with E-state index in [4.69, 9.17) is 5.10 Å². The van der Waals surface area contributed by atoms with Crippen LogP contribution in [0, 0.1) is 6.92 Å². The molecule has 1 aliphatic rings. The van der Waals surface area contributed by atoms with Crippen LogP contribution in [0.2, 0.25) is 0 Å². The van der Waals surface area contributed by atoms with Gasteiger partial charge < -0.3 is 5.11 Å². The first kappa shape index (κ1) is 29.4. The van der Waals surface area contributed by atoms with Crippen molar-refractivity contribution < 1.29 is 5.11 Å². The molecule has 2 heterocycles. The molecule has 3 aromatic rings. The van der Waals surface area contributed by atoms with Gasteiger partial charge in [-0.15, -0.1) is 0 Å². The Morgan fingerprint density at radius 3 is 2.15 bits per heavy atom. The highest BCUT2D eigenvalue weighted by molar-refractivity contribution is 6.03. The van der Waals surface area contributed by atoms with Crippen molar-refractivity contribution in [2.24, 2.45) is 5.10 Å². The number of hydrazone groups is 1. The summed E-state index contributed by atoms with van der Waals surface area (Å²) < 4.78 is 0. The third-order valence-corrected chi connectivity index (χ3v) is 7.48. The lowest BCUT2D eigenvalue weighted by atomic mass is 9.75. The molecule has 4 heteroatoms. The molecular weight excluding hydrogens is 502 g/mol. The quantitative estimate of drug-likeness (QED) is 0.263. The summed E-state index contributed by atoms with van der Waals surface area (Å²) in [5, 5.41) is 18.0. The van der Waals surface area contributed by atoms with Crippen LogP contribution in [0.5, 0.6) is 0 Å². The summed E-state index contributed by atoms with van der Waals surface area (Å²) in [6.07, 6.45) is 13.6. The zero-order chi connectivity index (χ0) is 29.4. The van der Waals surface area contributed by atoms with Crippen LogP contribution in [0.4, 0.5) is 0 Å². The van der Waals surface area contributed by atoms with Crippen molar-refractivity contribution in [2.45, 2.75) is 45.8 Å². The van der Waals surface area contributed by atoms with Crippen LogP contribution in [0.3, 0.4) is 0 Å². The smallest absolute Gasteiger partial charge is 0.134 e. The summed E-state index contributed by atoms with van der Waals surface area (Å²) >= 11 is 0. The van der Waals surface area contributed by atoms with Crippen molar-refractivity contribution in [3.8, 4) is 0 Å². The van der Waals surface area contributed by atoms with Gasteiger partial charge in [-0.25, -0.2) is 5.01 Å². The van der Waals surface area contributed by atoms with Crippen LogP contribution >= 0.6 is 0 Å². The first-order valence-electron chi connectivity index (χ1n) is 13.9. The molecule has 0 bridgehead atoms. The van der Waals surface area contributed by atoms with Crippen molar-refractivity contribution in [2.75, 3.05) is 0 Å². The summed E-state index contributed by atoms with van der Waals surface area (Å²) in [6.45, 7) is 16.0. The van der Waals surface area contributed by atoms with Crippen molar-refractivity contribution in [1.82, 2.24) is 9.99 Å². The standard InChI is InChI=1S/C37H39N3O/c1-7-9-12-17-28(4)37(33-18-13-10-14-19-33,34-20-15-11-16-21-34)40-36(8-2)32(24-27(3)30(6)41)26-35(39-40)31-22-23-38-29(5)25-31/h7-25,30,41H,1-2,26H2,3-6H3/b12-9-,27-24+,28-17+. The van der Waals surface area contributed by atoms with Gasteiger partial charge >= 0.3 is 0 Å². The van der Waals surface area contributed by atoms with Crippen LogP contribution in [-0.2, 0) is 5.54 Å². The molecule has 1 unspecified atom stereocenters. The lowest BCUT2D eigenvalue weighted by Gasteiger charge is -2.47. The Balaban J connectivity index is 2.16. The van der Waals surface area contributed by atoms with E-state index in [0.717, 1.165) is 50.5 Å². The highest BCUT2D eigenvalue weighted by Gasteiger charge is 2.45. The van der Waals surface area contributed by atoms with Gasteiger partial charge in [0.05, 0.1) is 17.5 Å². The maximum absolute atomic E-state index is 10.4. The molecule has 41 heavy (non-hydrogen) atoms. The number of hydrogen-bond donors (Lipinski definition) is 1. The zero-order valence-electron chi connectivity index (χ0n) is 24.5. The fourth-order valence-corrected chi connectivity index (χ4v) is 5.29. The SMILES string of the molecule is C=C/C=C\C=C(/C)C(c1ccccc1)(c1ccccc1)N1N=C(c2ccnc(C)c2)CC(/C=C(\C)C(C)O)=C1C=C. The van der Waals surface area contributed by atoms with Crippen molar-refractivity contribution in [1.29, 1.82) is 0 Å². The topological polar surface area (TPSA) is 48.7 Å². The normalized spacial score (nSPS) is 15.6. The van der Waals surface area contributed by atoms with Crippen molar-refractivity contribution in [3.63, 3.8) is 0 Å². The fraction of sp³-hybridized carbons (Fsp3) is 0.189. The number of hydrogen-bond acceptors (Lipinski definition) is 4. The number of aliphatic hydroxyl groups excluding tert-OH is 1. The summed E-state index contributed by atoms with van der Waals surface area (Å²) in [5.74, 6) is 0. The molecule has 2 aromatic carbocycles. The molecule has 4 nitrogen and oxygen atoms in total. The Morgan fingerprint density at radius 2 is 1.61 bits per heavy atom. The van der Waals surface area contributed by atoms with Gasteiger partial charge in [0.2, 0.25) is 0 Å². The average molecular weight is 542 g/mol. The fourth-order valence-electron chi connectivity index (χ4n) is 5.29. The Bertz CT molecular complexity index is 1500. The van der Waals surface area contributed by atoms with Gasteiger partial charge in [0.25, 0.3) is 0 Å². The van der Waals surface area contributed by atoms with Crippen molar-refractivity contribution in [3.05, 3.63) is 173 Å². The van der Waals surface area contributed by atoms with Gasteiger partial charge in [-0.05, 0) is 73.7 Å². The second kappa shape index (κ2) is 13.2. The van der Waals surface area contributed by atoms with E-state index in [-0.39, 0.29) is 0 Å². The number of rotatable bonds is 10. The Morgan fingerprint density at radius 1 is 0.976 bits per heavy atom. The lowest BCUT2D eigenvalue weighted by molar-refractivity contribution is 0.215. The molecule has 4 rings (SSSR count). The molecule has 0 amide bonds. The maximum Gasteiger partial charge on any atom is 0.134 e. The molecule has 1 aromatic heterocycles. The molecule has 0 fully saturated rings. The molecule has 1 aliphatic heterocycles. The van der Waals surface area contributed by atoms with Crippen LogP contribution in [0.1, 0.15) is 49.6 Å². The van der Waals surface area contributed by atoms with E-state index < -0.39 is 11.6 Å². The predicted molar refractivity (Wildman–Crippen MR) is 171 cm³/mol. The Hall–Kier alpha value is -4.54. The van der Waals surface area contributed by atoms with Crippen LogP contribution in [0.25, 0.3) is 0 Å². The summed E-state index contributed by atoms with van der Waals surface area (Å²) in [5.41, 5.74) is 8.02. The maximum atomic E-state index is 10.4. The molecule has 208 valence electrons. The van der Waals surface area contributed by atoms with E-state index in [1.807, 2.05) is 56.5 Å². The minimum atomic E-state index is -0.816. The number of allylic oxidation sites excluding steroid dienone is 7. The largest absolute Gasteiger partial charge is 0.389 e. The Kier molecular flexibility index (Phi) is 9.49. The summed E-state index contributed by atoms with van der Waals surface area (Å²) in [4.78, 5) is 4.42. The molecular formula is C37H39N3O. The highest BCUT2D eigenvalue weighted by Crippen LogP contribution is 2.47. The van der Waals surface area contributed by atoms with Gasteiger partial charge in [0, 0.05) is 23.9 Å². The molecule has 0 saturated carbocycles. The van der Waals surface area contributed by atoms with Gasteiger partial charge in [0.15, 0.2) is 0 Å². The monoisotopic (exact) mass is 541 g/mol. The predicted octanol–water partition coefficient (Wildman–Crippen LogP) is 8.20. The molecule has 0 aliphatic carbocycles. The number of nitrogens with zero attached hydrogens (tertiary/aromatic N) is 3. The highest BCUT2D eigenvalue weighted by atomic mass is 16.3. The van der Waals surface area contributed by atoms with Gasteiger partial charge in [-0.2, -0.15) is 5.10 Å². The summed E-state index contributed by atoms with van der Waals surface area (Å²) in [6, 6.07) is 25.0. The number of aliphatic hydroxyl groups is 1. The molecule has 1 atom stereocenters. The van der Waals surface area contributed by atoms with Crippen LogP contribution in [0.15, 0.2) is 156 Å². The first-order valence-corrected chi connectivity index (χ1v) is 13.9. The number of aryl methyl sites for hydroxylation is 1. The minimum Gasteiger partial charge on any atom is -0.389 e. The van der Waals surface area contributed by atoms with Gasteiger partial charge in [-0.1, -0.05) is 104 Å². The van der Waals surface area contributed by atoms with E-state index in [2.05, 4.69) is 96.8 Å². The van der Waals surface area contributed by atoms with E-state index in [1.54, 1.807) is 13.0 Å². The third kappa shape index (κ3) is 6.13. The van der Waals surface area contributed by atoms with Crippen LogP contribution in [-0.4, -0.2) is 26.9 Å². The lowest BCUT2D eigenvalue weighted by Crippen LogP contribution is -2.46. The Labute approximate surface area is 244 Å². The van der Waals surface area contributed by atoms with Gasteiger partial charge in [-0.3, -0.25) is 4.98 Å². The minimum absolute atomic E-state index is 0.578. The zero-order valence-corrected chi connectivity index (χ0v) is 24.5. The first-order chi connectivity index (χ1) is 19.8. The van der Waals surface area contributed by atoms with Crippen molar-refractivity contribution >= 4 is 5.71 Å². The number of benzene rings is 2. The summed E-state index contributed by atoms with van der Waals surface area (Å²) in [7, 11) is 0. The molecule has 1 N–H and O–H groups in total. The average Bonchev–Trinajstić information content (AvgIpc) is 2.98. The van der Waals surface area contributed by atoms with E-state index >= 15 is 0 Å². The number of pyridine rings is 1. The third-order valence-electron chi connectivity index (χ3n) is 7.48. The van der Waals surface area contributed by atoms with E-state index in [0.29, 0.717) is 6.42 Å². The second-order valence-electron chi connectivity index (χ2n) is 10.3. The number of aromatic nitrogens is 1. The van der Waals surface area contributed by atoms with Gasteiger partial charge in [0.1, 0.15) is 5.54 Å². The molecule has 0 radical (unpaired) electrons. The molecule has 0 spiro atoms. The van der Waals surface area contributed by atoms with E-state index in [1.165, 1.54) is 0 Å². The van der Waals surface area contributed by atoms with E-state index in [9.17, 15) is 5.11 Å². The van der Waals surface area contributed by atoms with Crippen LogP contribution < -0.4 is 0 Å². The molecule has 0 saturated heterocycles.